The molecule has 0 heterocycles. The van der Waals surface area contributed by atoms with Crippen LogP contribution < -0.4 is 5.73 Å². The second kappa shape index (κ2) is 6.45. The van der Waals surface area contributed by atoms with E-state index >= 15 is 0 Å². The molecule has 0 saturated heterocycles. The van der Waals surface area contributed by atoms with E-state index in [1.165, 1.54) is 0 Å². The molecular formula is C12H17Cl2NO. The summed E-state index contributed by atoms with van der Waals surface area (Å²) in [5.41, 5.74) is 6.59. The van der Waals surface area contributed by atoms with Crippen molar-refractivity contribution >= 4 is 23.2 Å². The van der Waals surface area contributed by atoms with Gasteiger partial charge >= 0.3 is 0 Å². The van der Waals surface area contributed by atoms with Crippen LogP contribution in [-0.4, -0.2) is 18.3 Å². The molecule has 1 rings (SSSR count). The van der Waals surface area contributed by atoms with Crippen molar-refractivity contribution in [3.05, 3.63) is 33.8 Å². The maximum Gasteiger partial charge on any atom is 0.0474 e. The number of benzene rings is 1. The van der Waals surface area contributed by atoms with Crippen molar-refractivity contribution < 1.29 is 5.11 Å². The van der Waals surface area contributed by atoms with E-state index in [-0.39, 0.29) is 18.4 Å². The molecule has 2 nitrogen and oxygen atoms in total. The highest BCUT2D eigenvalue weighted by atomic mass is 35.5. The lowest BCUT2D eigenvalue weighted by atomic mass is 9.89. The molecule has 2 unspecified atom stereocenters. The van der Waals surface area contributed by atoms with E-state index in [0.717, 1.165) is 12.0 Å². The van der Waals surface area contributed by atoms with Gasteiger partial charge in [-0.15, -0.1) is 0 Å². The van der Waals surface area contributed by atoms with Gasteiger partial charge in [-0.2, -0.15) is 0 Å². The van der Waals surface area contributed by atoms with E-state index < -0.39 is 0 Å². The van der Waals surface area contributed by atoms with E-state index in [1.54, 1.807) is 12.1 Å². The van der Waals surface area contributed by atoms with Gasteiger partial charge in [0.25, 0.3) is 0 Å². The zero-order valence-electron chi connectivity index (χ0n) is 9.29. The highest BCUT2D eigenvalue weighted by Gasteiger charge is 2.16. The van der Waals surface area contributed by atoms with Crippen molar-refractivity contribution in [1.29, 1.82) is 0 Å². The van der Waals surface area contributed by atoms with E-state index in [0.29, 0.717) is 16.6 Å². The summed E-state index contributed by atoms with van der Waals surface area (Å²) in [6.07, 6.45) is 0.780. The predicted molar refractivity (Wildman–Crippen MR) is 69.0 cm³/mol. The normalized spacial score (nSPS) is 14.8. The van der Waals surface area contributed by atoms with Crippen molar-refractivity contribution in [2.24, 2.45) is 17.6 Å². The van der Waals surface area contributed by atoms with Crippen LogP contribution >= 0.6 is 23.2 Å². The summed E-state index contributed by atoms with van der Waals surface area (Å²) in [5.74, 6) is 0.390. The Bertz CT molecular complexity index is 340. The van der Waals surface area contributed by atoms with Crippen LogP contribution in [0.2, 0.25) is 10.0 Å². The number of hydrogen-bond acceptors (Lipinski definition) is 2. The number of halogens is 2. The fourth-order valence-corrected chi connectivity index (χ4v) is 2.09. The molecule has 0 amide bonds. The molecule has 0 aliphatic rings. The summed E-state index contributed by atoms with van der Waals surface area (Å²) in [6, 6.07) is 5.43. The summed E-state index contributed by atoms with van der Waals surface area (Å²) < 4.78 is 0. The molecule has 0 aromatic heterocycles. The van der Waals surface area contributed by atoms with Gasteiger partial charge in [-0.3, -0.25) is 0 Å². The van der Waals surface area contributed by atoms with Gasteiger partial charge < -0.3 is 10.8 Å². The van der Waals surface area contributed by atoms with E-state index in [1.807, 2.05) is 6.07 Å². The van der Waals surface area contributed by atoms with Crippen molar-refractivity contribution in [2.75, 3.05) is 13.2 Å². The largest absolute Gasteiger partial charge is 0.396 e. The molecule has 90 valence electrons. The molecule has 1 aromatic rings. The smallest absolute Gasteiger partial charge is 0.0474 e. The van der Waals surface area contributed by atoms with Gasteiger partial charge in [-0.05, 0) is 48.6 Å². The van der Waals surface area contributed by atoms with Gasteiger partial charge in [0.2, 0.25) is 0 Å². The highest BCUT2D eigenvalue weighted by molar-refractivity contribution is 6.33. The Labute approximate surface area is 106 Å². The number of hydrogen-bond donors (Lipinski definition) is 2. The van der Waals surface area contributed by atoms with Crippen LogP contribution in [0.25, 0.3) is 0 Å². The van der Waals surface area contributed by atoms with E-state index in [4.69, 9.17) is 34.0 Å². The second-order valence-corrected chi connectivity index (χ2v) is 4.94. The molecule has 4 heteroatoms. The first kappa shape index (κ1) is 13.8. The molecule has 0 fully saturated rings. The zero-order chi connectivity index (χ0) is 12.1. The van der Waals surface area contributed by atoms with Gasteiger partial charge in [-0.25, -0.2) is 0 Å². The highest BCUT2D eigenvalue weighted by Crippen LogP contribution is 2.25. The van der Waals surface area contributed by atoms with Gasteiger partial charge in [-0.1, -0.05) is 30.1 Å². The van der Waals surface area contributed by atoms with Crippen molar-refractivity contribution in [1.82, 2.24) is 0 Å². The predicted octanol–water partition coefficient (Wildman–Crippen LogP) is 2.74. The summed E-state index contributed by atoms with van der Waals surface area (Å²) in [4.78, 5) is 0. The van der Waals surface area contributed by atoms with Crippen LogP contribution in [0.5, 0.6) is 0 Å². The number of rotatable bonds is 5. The first-order chi connectivity index (χ1) is 7.58. The Kier molecular flexibility index (Phi) is 5.56. The Hall–Kier alpha value is -0.280. The first-order valence-electron chi connectivity index (χ1n) is 5.33. The molecule has 0 bridgehead atoms. The van der Waals surface area contributed by atoms with E-state index in [9.17, 15) is 0 Å². The molecule has 0 aliphatic heterocycles. The lowest BCUT2D eigenvalue weighted by Crippen LogP contribution is -2.26. The molecule has 0 spiro atoms. The lowest BCUT2D eigenvalue weighted by Gasteiger charge is -2.20. The third-order valence-corrected chi connectivity index (χ3v) is 3.50. The maximum atomic E-state index is 9.16. The van der Waals surface area contributed by atoms with Crippen LogP contribution in [0.1, 0.15) is 12.5 Å². The van der Waals surface area contributed by atoms with Crippen LogP contribution in [-0.2, 0) is 6.42 Å². The molecule has 16 heavy (non-hydrogen) atoms. The maximum absolute atomic E-state index is 9.16. The Morgan fingerprint density at radius 3 is 2.62 bits per heavy atom. The molecule has 0 saturated carbocycles. The average molecular weight is 262 g/mol. The third-order valence-electron chi connectivity index (χ3n) is 2.89. The monoisotopic (exact) mass is 261 g/mol. The van der Waals surface area contributed by atoms with Crippen LogP contribution in [0.15, 0.2) is 18.2 Å². The molecule has 0 radical (unpaired) electrons. The van der Waals surface area contributed by atoms with Gasteiger partial charge in [0, 0.05) is 16.7 Å². The van der Waals surface area contributed by atoms with Crippen molar-refractivity contribution in [3.8, 4) is 0 Å². The fraction of sp³-hybridized carbons (Fsp3) is 0.500. The van der Waals surface area contributed by atoms with Crippen LogP contribution in [0.3, 0.4) is 0 Å². The molecular weight excluding hydrogens is 245 g/mol. The summed E-state index contributed by atoms with van der Waals surface area (Å²) in [7, 11) is 0. The molecule has 0 aliphatic carbocycles. The number of aliphatic hydroxyl groups is 1. The molecule has 3 N–H and O–H groups in total. The number of aliphatic hydroxyl groups excluding tert-OH is 1. The zero-order valence-corrected chi connectivity index (χ0v) is 10.8. The average Bonchev–Trinajstić information content (AvgIpc) is 2.25. The Balaban J connectivity index is 2.75. The molecule has 1 aromatic carbocycles. The number of nitrogens with two attached hydrogens (primary N) is 1. The van der Waals surface area contributed by atoms with Crippen LogP contribution in [0, 0.1) is 11.8 Å². The van der Waals surface area contributed by atoms with E-state index in [2.05, 4.69) is 6.92 Å². The minimum Gasteiger partial charge on any atom is -0.396 e. The van der Waals surface area contributed by atoms with Crippen molar-refractivity contribution in [3.63, 3.8) is 0 Å². The Morgan fingerprint density at radius 1 is 1.38 bits per heavy atom. The SMILES string of the molecule is CC(Cc1cc(Cl)ccc1Cl)C(CN)CO. The third kappa shape index (κ3) is 3.63. The minimum atomic E-state index is 0.107. The van der Waals surface area contributed by atoms with Gasteiger partial charge in [0.1, 0.15) is 0 Å². The van der Waals surface area contributed by atoms with Gasteiger partial charge in [0.15, 0.2) is 0 Å². The lowest BCUT2D eigenvalue weighted by molar-refractivity contribution is 0.187. The second-order valence-electron chi connectivity index (χ2n) is 4.10. The quantitative estimate of drug-likeness (QED) is 0.857. The summed E-state index contributed by atoms with van der Waals surface area (Å²) in [5, 5.41) is 10.6. The molecule has 2 atom stereocenters. The summed E-state index contributed by atoms with van der Waals surface area (Å²) in [6.45, 7) is 2.65. The Morgan fingerprint density at radius 2 is 2.06 bits per heavy atom. The minimum absolute atomic E-state index is 0.107. The van der Waals surface area contributed by atoms with Gasteiger partial charge in [0.05, 0.1) is 0 Å². The standard InChI is InChI=1S/C12H17Cl2NO/c1-8(10(6-15)7-16)4-9-5-11(13)2-3-12(9)14/h2-3,5,8,10,16H,4,6-7,15H2,1H3. The topological polar surface area (TPSA) is 46.2 Å². The van der Waals surface area contributed by atoms with Crippen molar-refractivity contribution in [2.45, 2.75) is 13.3 Å². The summed E-state index contributed by atoms with van der Waals surface area (Å²) >= 11 is 12.0. The van der Waals surface area contributed by atoms with Crippen LogP contribution in [0.4, 0.5) is 0 Å². The fourth-order valence-electron chi connectivity index (χ4n) is 1.70. The first-order valence-corrected chi connectivity index (χ1v) is 6.09.